The van der Waals surface area contributed by atoms with Crippen molar-refractivity contribution in [3.8, 4) is 5.82 Å². The van der Waals surface area contributed by atoms with Crippen molar-refractivity contribution in [2.24, 2.45) is 0 Å². The number of nitrogens with zero attached hydrogens (tertiary/aromatic N) is 4. The van der Waals surface area contributed by atoms with E-state index >= 15 is 0 Å². The number of carbonyl (C=O) groups excluding carboxylic acids is 1. The van der Waals surface area contributed by atoms with Gasteiger partial charge in [0.2, 0.25) is 0 Å². The monoisotopic (exact) mass is 354 g/mol. The molecule has 3 rings (SSSR count). The Labute approximate surface area is 142 Å². The maximum absolute atomic E-state index is 12.7. The first kappa shape index (κ1) is 17.4. The molecule has 6 nitrogen and oxygen atoms in total. The second-order valence-electron chi connectivity index (χ2n) is 5.59. The number of hydrogen-bond donors (Lipinski definition) is 0. The average molecular weight is 354 g/mol. The van der Waals surface area contributed by atoms with Crippen molar-refractivity contribution in [3.63, 3.8) is 0 Å². The lowest BCUT2D eigenvalue weighted by atomic mass is 10.1. The van der Waals surface area contributed by atoms with Crippen molar-refractivity contribution in [2.75, 3.05) is 31.2 Å². The van der Waals surface area contributed by atoms with Crippen LogP contribution in [0.2, 0.25) is 0 Å². The first-order valence-electron chi connectivity index (χ1n) is 7.89. The highest BCUT2D eigenvalue weighted by Crippen LogP contribution is 2.29. The van der Waals surface area contributed by atoms with Crippen LogP contribution >= 0.6 is 0 Å². The van der Waals surface area contributed by atoms with E-state index in [1.54, 1.807) is 6.92 Å². The number of anilines is 1. The van der Waals surface area contributed by atoms with Crippen LogP contribution in [0.15, 0.2) is 24.5 Å². The highest BCUT2D eigenvalue weighted by molar-refractivity contribution is 6.00. The zero-order chi connectivity index (χ0) is 18.0. The molecule has 2 aromatic rings. The maximum Gasteiger partial charge on any atom is 0.417 e. The Balaban J connectivity index is 1.96. The Bertz CT molecular complexity index is 750. The standard InChI is InChI=1S/C16H17F3N4O2/c1-2-13(24)12-10-23(21-15(12)22-5-7-25-8-6-22)14-4-3-11(9-20-14)16(17,18)19/h3-4,9-10H,2,5-8H2,1H3. The summed E-state index contributed by atoms with van der Waals surface area (Å²) in [4.78, 5) is 18.0. The molecule has 0 spiro atoms. The smallest absolute Gasteiger partial charge is 0.378 e. The topological polar surface area (TPSA) is 60.2 Å². The highest BCUT2D eigenvalue weighted by Gasteiger charge is 2.31. The van der Waals surface area contributed by atoms with Gasteiger partial charge in [0.15, 0.2) is 17.4 Å². The zero-order valence-corrected chi connectivity index (χ0v) is 13.6. The number of Topliss-reactive ketones (excluding diaryl/α,β-unsaturated/α-hetero) is 1. The molecule has 1 saturated heterocycles. The van der Waals surface area contributed by atoms with Gasteiger partial charge in [-0.05, 0) is 12.1 Å². The molecule has 0 unspecified atom stereocenters. The molecule has 0 bridgehead atoms. The molecule has 1 aliphatic heterocycles. The Morgan fingerprint density at radius 2 is 2.00 bits per heavy atom. The van der Waals surface area contributed by atoms with E-state index in [0.29, 0.717) is 44.1 Å². The summed E-state index contributed by atoms with van der Waals surface area (Å²) in [6, 6.07) is 2.18. The molecule has 0 amide bonds. The summed E-state index contributed by atoms with van der Waals surface area (Å²) in [5, 5.41) is 4.39. The fourth-order valence-corrected chi connectivity index (χ4v) is 2.57. The van der Waals surface area contributed by atoms with Gasteiger partial charge in [-0.3, -0.25) is 4.79 Å². The molecule has 0 aliphatic carbocycles. The van der Waals surface area contributed by atoms with Crippen LogP contribution < -0.4 is 4.90 Å². The Morgan fingerprint density at radius 1 is 1.28 bits per heavy atom. The summed E-state index contributed by atoms with van der Waals surface area (Å²) in [6.45, 7) is 4.01. The van der Waals surface area contributed by atoms with Crippen LogP contribution in [0.25, 0.3) is 5.82 Å². The molecule has 134 valence electrons. The van der Waals surface area contributed by atoms with Crippen LogP contribution in [-0.2, 0) is 10.9 Å². The van der Waals surface area contributed by atoms with Crippen molar-refractivity contribution in [3.05, 3.63) is 35.7 Å². The predicted molar refractivity (Wildman–Crippen MR) is 84.0 cm³/mol. The molecule has 0 saturated carbocycles. The van der Waals surface area contributed by atoms with Crippen molar-refractivity contribution >= 4 is 11.6 Å². The van der Waals surface area contributed by atoms with E-state index in [1.807, 2.05) is 4.90 Å². The largest absolute Gasteiger partial charge is 0.417 e. The van der Waals surface area contributed by atoms with E-state index in [0.717, 1.165) is 12.3 Å². The number of ketones is 1. The second-order valence-corrected chi connectivity index (χ2v) is 5.59. The minimum absolute atomic E-state index is 0.0837. The molecule has 25 heavy (non-hydrogen) atoms. The van der Waals surface area contributed by atoms with Gasteiger partial charge in [0.1, 0.15) is 0 Å². The predicted octanol–water partition coefficient (Wildman–Crippen LogP) is 2.72. The number of halogens is 3. The normalized spacial score (nSPS) is 15.4. The number of morpholine rings is 1. The van der Waals surface area contributed by atoms with Gasteiger partial charge >= 0.3 is 6.18 Å². The number of rotatable bonds is 4. The van der Waals surface area contributed by atoms with E-state index in [4.69, 9.17) is 4.74 Å². The average Bonchev–Trinajstić information content (AvgIpc) is 3.06. The van der Waals surface area contributed by atoms with Crippen LogP contribution in [-0.4, -0.2) is 46.9 Å². The van der Waals surface area contributed by atoms with E-state index in [9.17, 15) is 18.0 Å². The molecule has 0 atom stereocenters. The van der Waals surface area contributed by atoms with Crippen molar-refractivity contribution in [1.82, 2.24) is 14.8 Å². The molecular formula is C16H17F3N4O2. The van der Waals surface area contributed by atoms with Crippen LogP contribution in [0.5, 0.6) is 0 Å². The third-order valence-corrected chi connectivity index (χ3v) is 3.94. The SMILES string of the molecule is CCC(=O)c1cn(-c2ccc(C(F)(F)F)cn2)nc1N1CCOCC1. The quantitative estimate of drug-likeness (QED) is 0.790. The second kappa shape index (κ2) is 6.83. The zero-order valence-electron chi connectivity index (χ0n) is 13.6. The highest BCUT2D eigenvalue weighted by atomic mass is 19.4. The summed E-state index contributed by atoms with van der Waals surface area (Å²) in [5.41, 5.74) is -0.396. The first-order chi connectivity index (χ1) is 11.9. The molecule has 9 heteroatoms. The number of aromatic nitrogens is 3. The molecule has 0 N–H and O–H groups in total. The van der Waals surface area contributed by atoms with Crippen LogP contribution in [0.1, 0.15) is 29.3 Å². The Kier molecular flexibility index (Phi) is 4.76. The summed E-state index contributed by atoms with van der Waals surface area (Å²) < 4.78 is 44.6. The molecule has 1 aliphatic rings. The molecular weight excluding hydrogens is 337 g/mol. The van der Waals surface area contributed by atoms with Gasteiger partial charge < -0.3 is 9.64 Å². The van der Waals surface area contributed by atoms with Gasteiger partial charge in [-0.25, -0.2) is 9.67 Å². The van der Waals surface area contributed by atoms with Gasteiger partial charge in [0.25, 0.3) is 0 Å². The molecule has 0 radical (unpaired) electrons. The maximum atomic E-state index is 12.7. The fraction of sp³-hybridized carbons (Fsp3) is 0.438. The molecule has 3 heterocycles. The van der Waals surface area contributed by atoms with E-state index in [2.05, 4.69) is 10.1 Å². The minimum Gasteiger partial charge on any atom is -0.378 e. The first-order valence-corrected chi connectivity index (χ1v) is 7.89. The lowest BCUT2D eigenvalue weighted by molar-refractivity contribution is -0.137. The third-order valence-electron chi connectivity index (χ3n) is 3.94. The number of ether oxygens (including phenoxy) is 1. The number of hydrogen-bond acceptors (Lipinski definition) is 5. The number of pyridine rings is 1. The molecule has 1 fully saturated rings. The number of carbonyl (C=O) groups is 1. The minimum atomic E-state index is -4.45. The van der Waals surface area contributed by atoms with Crippen LogP contribution in [0.3, 0.4) is 0 Å². The van der Waals surface area contributed by atoms with E-state index < -0.39 is 11.7 Å². The van der Waals surface area contributed by atoms with Gasteiger partial charge in [0, 0.05) is 31.9 Å². The summed E-state index contributed by atoms with van der Waals surface area (Å²) in [5.74, 6) is 0.647. The van der Waals surface area contributed by atoms with Crippen LogP contribution in [0.4, 0.5) is 19.0 Å². The lowest BCUT2D eigenvalue weighted by Gasteiger charge is -2.27. The molecule has 0 aromatic carbocycles. The van der Waals surface area contributed by atoms with Gasteiger partial charge in [-0.1, -0.05) is 6.92 Å². The third kappa shape index (κ3) is 3.65. The summed E-state index contributed by atoms with van der Waals surface area (Å²) in [7, 11) is 0. The van der Waals surface area contributed by atoms with E-state index in [1.165, 1.54) is 16.9 Å². The summed E-state index contributed by atoms with van der Waals surface area (Å²) >= 11 is 0. The Hall–Kier alpha value is -2.42. The molecule has 2 aromatic heterocycles. The van der Waals surface area contributed by atoms with Crippen molar-refractivity contribution in [2.45, 2.75) is 19.5 Å². The van der Waals surface area contributed by atoms with Crippen molar-refractivity contribution in [1.29, 1.82) is 0 Å². The van der Waals surface area contributed by atoms with Gasteiger partial charge in [-0.2, -0.15) is 13.2 Å². The lowest BCUT2D eigenvalue weighted by Crippen LogP contribution is -2.37. The summed E-state index contributed by atoms with van der Waals surface area (Å²) in [6.07, 6.45) is -1.86. The number of alkyl halides is 3. The van der Waals surface area contributed by atoms with Crippen LogP contribution in [0, 0.1) is 0 Å². The Morgan fingerprint density at radius 3 is 2.56 bits per heavy atom. The fourth-order valence-electron chi connectivity index (χ4n) is 2.57. The van der Waals surface area contributed by atoms with E-state index in [-0.39, 0.29) is 11.6 Å². The van der Waals surface area contributed by atoms with Gasteiger partial charge in [-0.15, -0.1) is 5.10 Å². The van der Waals surface area contributed by atoms with Crippen molar-refractivity contribution < 1.29 is 22.7 Å². The van der Waals surface area contributed by atoms with Gasteiger partial charge in [0.05, 0.1) is 24.3 Å².